The van der Waals surface area contributed by atoms with Crippen LogP contribution in [0.25, 0.3) is 54.9 Å². The van der Waals surface area contributed by atoms with Gasteiger partial charge in [0.15, 0.2) is 105 Å². The third-order valence-electron chi connectivity index (χ3n) is 13.6. The van der Waals surface area contributed by atoms with Crippen molar-refractivity contribution in [2.45, 2.75) is 0 Å². The normalized spacial score (nSPS) is 11.9. The molecular weight excluding hydrogens is 1070 g/mol. The van der Waals surface area contributed by atoms with Gasteiger partial charge in [-0.1, -0.05) is 89.8 Å². The van der Waals surface area contributed by atoms with Crippen molar-refractivity contribution >= 4 is 67.7 Å². The van der Waals surface area contributed by atoms with Crippen LogP contribution in [0.3, 0.4) is 0 Å². The van der Waals surface area contributed by atoms with Crippen LogP contribution in [0.15, 0.2) is 115 Å². The van der Waals surface area contributed by atoms with E-state index in [0.717, 1.165) is 24.3 Å². The second kappa shape index (κ2) is 18.8. The second-order valence-corrected chi connectivity index (χ2v) is 17.8. The fourth-order valence-corrected chi connectivity index (χ4v) is 9.94. The lowest BCUT2D eigenvalue weighted by atomic mass is 9.36. The van der Waals surface area contributed by atoms with Gasteiger partial charge in [0.2, 0.25) is 0 Å². The molecule has 22 heteroatoms. The average Bonchev–Trinajstić information content (AvgIpc) is 3.64. The first-order chi connectivity index (χ1) is 37.1. The highest BCUT2D eigenvalue weighted by Crippen LogP contribution is 2.50. The molecule has 0 N–H and O–H groups in total. The summed E-state index contributed by atoms with van der Waals surface area (Å²) in [6.45, 7) is -5.32. The minimum Gasteiger partial charge on any atom is -0.456 e. The summed E-state index contributed by atoms with van der Waals surface area (Å²) < 4.78 is 287. The molecule has 0 saturated heterocycles. The minimum atomic E-state index is -2.78. The second-order valence-electron chi connectivity index (χ2n) is 17.8. The predicted molar refractivity (Wildman–Crippen MR) is 252 cm³/mol. The summed E-state index contributed by atoms with van der Waals surface area (Å²) in [4.78, 5) is 0. The highest BCUT2D eigenvalue weighted by Gasteiger charge is 2.42. The van der Waals surface area contributed by atoms with E-state index >= 15 is 35.1 Å². The molecule has 1 heterocycles. The number of halogens is 19. The van der Waals surface area contributed by atoms with Crippen molar-refractivity contribution < 1.29 is 88.2 Å². The molecule has 0 aliphatic carbocycles. The summed E-state index contributed by atoms with van der Waals surface area (Å²) in [5, 5.41) is 2.52. The molecule has 11 rings (SSSR count). The lowest BCUT2D eigenvalue weighted by Gasteiger charge is -2.23. The Morgan fingerprint density at radius 2 is 0.667 bits per heavy atom. The van der Waals surface area contributed by atoms with Crippen LogP contribution in [0.2, 0.25) is 0 Å². The lowest BCUT2D eigenvalue weighted by Crippen LogP contribution is -2.58. The van der Waals surface area contributed by atoms with Crippen molar-refractivity contribution in [1.29, 1.82) is 0 Å². The van der Waals surface area contributed by atoms with Gasteiger partial charge in [0, 0.05) is 38.9 Å². The van der Waals surface area contributed by atoms with Crippen LogP contribution in [0.4, 0.5) is 83.4 Å². The first kappa shape index (κ1) is 51.4. The molecule has 10 aromatic carbocycles. The van der Waals surface area contributed by atoms with E-state index in [-0.39, 0.29) is 17.4 Å². The predicted octanol–water partition coefficient (Wildman–Crippen LogP) is 12.8. The maximum atomic E-state index is 15.3. The van der Waals surface area contributed by atoms with Gasteiger partial charge in [-0.15, -0.1) is 0 Å². The molecule has 1 aliphatic heterocycles. The molecule has 0 fully saturated rings. The molecule has 388 valence electrons. The molecule has 0 bridgehead atoms. The Morgan fingerprint density at radius 3 is 1.14 bits per heavy atom. The highest BCUT2D eigenvalue weighted by atomic mass is 19.2. The van der Waals surface area contributed by atoms with Crippen LogP contribution in [0, 0.1) is 111 Å². The Balaban J connectivity index is 0.955. The number of benzene rings is 10. The zero-order valence-electron chi connectivity index (χ0n) is 38.2. The van der Waals surface area contributed by atoms with Crippen molar-refractivity contribution in [1.82, 2.24) is 0 Å². The van der Waals surface area contributed by atoms with Crippen LogP contribution >= 0.6 is 0 Å². The lowest BCUT2D eigenvalue weighted by molar-refractivity contribution is 0.382. The zero-order valence-corrected chi connectivity index (χ0v) is 38.2. The van der Waals surface area contributed by atoms with Gasteiger partial charge in [-0.05, 0) is 74.3 Å². The van der Waals surface area contributed by atoms with E-state index in [1.807, 2.05) is 6.07 Å². The summed E-state index contributed by atoms with van der Waals surface area (Å²) >= 11 is 0. The number of rotatable bonds is 8. The van der Waals surface area contributed by atoms with Crippen molar-refractivity contribution in [3.63, 3.8) is 0 Å². The molecule has 78 heavy (non-hydrogen) atoms. The Bertz CT molecular complexity index is 4090. The molecule has 0 saturated carbocycles. The third-order valence-corrected chi connectivity index (χ3v) is 13.6. The van der Waals surface area contributed by atoms with Crippen LogP contribution in [-0.2, 0) is 0 Å². The fraction of sp³-hybridized carbons (Fsp3) is 0. The van der Waals surface area contributed by atoms with Crippen molar-refractivity contribution in [3.8, 4) is 44.9 Å². The van der Waals surface area contributed by atoms with E-state index in [0.29, 0.717) is 55.1 Å². The molecule has 0 spiro atoms. The van der Waals surface area contributed by atoms with E-state index in [9.17, 15) is 48.3 Å². The Hall–Kier alpha value is -8.68. The van der Waals surface area contributed by atoms with Crippen LogP contribution < -0.4 is 37.5 Å². The highest BCUT2D eigenvalue weighted by molar-refractivity contribution is 6.96. The Morgan fingerprint density at radius 1 is 0.269 bits per heavy atom. The van der Waals surface area contributed by atoms with Gasteiger partial charge in [0.25, 0.3) is 13.4 Å². The third kappa shape index (κ3) is 7.76. The van der Waals surface area contributed by atoms with E-state index in [4.69, 9.17) is 4.74 Å². The summed E-state index contributed by atoms with van der Waals surface area (Å²) in [5.74, 6) is -46.2. The van der Waals surface area contributed by atoms with Gasteiger partial charge in [-0.2, -0.15) is 0 Å². The van der Waals surface area contributed by atoms with Crippen LogP contribution in [0.5, 0.6) is 11.5 Å². The smallest absolute Gasteiger partial charge is 0.257 e. The number of fused-ring (bicyclic) bond motifs is 4. The topological polar surface area (TPSA) is 9.23 Å². The first-order valence-corrected chi connectivity index (χ1v) is 22.5. The van der Waals surface area contributed by atoms with Gasteiger partial charge < -0.3 is 4.74 Å². The number of hydrogen-bond donors (Lipinski definition) is 0. The zero-order chi connectivity index (χ0) is 55.7. The van der Waals surface area contributed by atoms with Crippen LogP contribution in [-0.4, -0.2) is 13.4 Å². The monoisotopic (exact) mass is 1090 g/mol. The average molecular weight is 1090 g/mol. The Labute approximate surface area is 425 Å². The molecule has 0 amide bonds. The van der Waals surface area contributed by atoms with Gasteiger partial charge >= 0.3 is 0 Å². The quantitative estimate of drug-likeness (QED) is 0.0484. The summed E-state index contributed by atoms with van der Waals surface area (Å²) in [6, 6.07) is 25.5. The molecule has 0 unspecified atom stereocenters. The van der Waals surface area contributed by atoms with Crippen LogP contribution in [0.1, 0.15) is 0 Å². The summed E-state index contributed by atoms with van der Waals surface area (Å²) in [6.07, 6.45) is 0. The number of ether oxygens (including phenoxy) is 1. The molecule has 0 radical (unpaired) electrons. The van der Waals surface area contributed by atoms with E-state index in [1.165, 1.54) is 24.3 Å². The molecular formula is C56H19B2F19O. The van der Waals surface area contributed by atoms with Gasteiger partial charge in [-0.25, -0.2) is 83.4 Å². The minimum absolute atomic E-state index is 0.143. The van der Waals surface area contributed by atoms with Gasteiger partial charge in [-0.3, -0.25) is 0 Å². The summed E-state index contributed by atoms with van der Waals surface area (Å²) in [5.41, 5.74) is -5.63. The SMILES string of the molecule is Fc1cc(F)c(B(c2ccc(-c3ccc4cc5c6c(cccc6c4c3)Oc3cc(-c4ccc(B(c6c(F)c(F)c(F)c(F)c6F)c6c(F)c(F)c(F)c(F)c6F)cc4)ccc3-5)cc2)c2c(F)c(F)c(F)c(F)c2F)c(F)c1F. The van der Waals surface area contributed by atoms with Gasteiger partial charge in [0.1, 0.15) is 17.3 Å². The Kier molecular flexibility index (Phi) is 12.4. The molecule has 0 atom stereocenters. The maximum Gasteiger partial charge on any atom is 0.257 e. The molecule has 0 aromatic heterocycles. The van der Waals surface area contributed by atoms with Crippen molar-refractivity contribution in [2.24, 2.45) is 0 Å². The van der Waals surface area contributed by atoms with Crippen molar-refractivity contribution in [2.75, 3.05) is 0 Å². The number of hydrogen-bond acceptors (Lipinski definition) is 1. The first-order valence-electron chi connectivity index (χ1n) is 22.5. The summed E-state index contributed by atoms with van der Waals surface area (Å²) in [7, 11) is 0. The molecule has 1 aliphatic rings. The standard InChI is InChI=1S/C56H19B2F19O/c59-31-19-32(60)40(61)41(62)36(31)57(37-42(63)48(69)54(75)49(70)43(37)64)25-11-6-20(7-12-25)22-4-5-24-17-30-27-15-10-23(18-34(27)78-33-3-1-2-28(35(30)33)29(24)16-22)21-8-13-26(14-9-21)58(38-44(65)50(71)55(76)51(72)45(38)66)39-46(67)52(73)56(77)53(74)47(39)68/h1-19H. The molecule has 10 aromatic rings. The molecule has 1 nitrogen and oxygen atoms in total. The van der Waals surface area contributed by atoms with E-state index < -0.39 is 157 Å². The van der Waals surface area contributed by atoms with E-state index in [2.05, 4.69) is 0 Å². The van der Waals surface area contributed by atoms with Crippen molar-refractivity contribution in [3.05, 3.63) is 226 Å². The largest absolute Gasteiger partial charge is 0.456 e. The maximum absolute atomic E-state index is 15.3. The van der Waals surface area contributed by atoms with Gasteiger partial charge in [0.05, 0.1) is 0 Å². The fourth-order valence-electron chi connectivity index (χ4n) is 9.94. The van der Waals surface area contributed by atoms with E-state index in [1.54, 1.807) is 54.6 Å².